The van der Waals surface area contributed by atoms with Gasteiger partial charge in [-0.1, -0.05) is 185 Å². The zero-order valence-electron chi connectivity index (χ0n) is 41.1. The molecular formula is C57H90NO7P. The van der Waals surface area contributed by atoms with Crippen LogP contribution < -0.4 is 5.73 Å². The van der Waals surface area contributed by atoms with E-state index in [2.05, 4.69) is 172 Å². The van der Waals surface area contributed by atoms with Crippen molar-refractivity contribution >= 4 is 13.8 Å². The first-order valence-electron chi connectivity index (χ1n) is 25.0. The lowest BCUT2D eigenvalue weighted by Gasteiger charge is -2.20. The monoisotopic (exact) mass is 932 g/mol. The largest absolute Gasteiger partial charge is 0.472 e. The summed E-state index contributed by atoms with van der Waals surface area (Å²) < 4.78 is 33.5. The molecule has 0 aromatic rings. The van der Waals surface area contributed by atoms with Crippen LogP contribution in [0.1, 0.15) is 155 Å². The van der Waals surface area contributed by atoms with Gasteiger partial charge < -0.3 is 20.1 Å². The van der Waals surface area contributed by atoms with E-state index in [-0.39, 0.29) is 38.8 Å². The highest BCUT2D eigenvalue weighted by molar-refractivity contribution is 7.47. The zero-order valence-corrected chi connectivity index (χ0v) is 42.0. The summed E-state index contributed by atoms with van der Waals surface area (Å²) in [5.74, 6) is -0.378. The molecule has 0 heterocycles. The third kappa shape index (κ3) is 51.1. The first-order chi connectivity index (χ1) is 32.4. The number of unbranched alkanes of at least 4 members (excludes halogenated alkanes) is 6. The molecule has 0 aliphatic rings. The third-order valence-corrected chi connectivity index (χ3v) is 10.4. The van der Waals surface area contributed by atoms with E-state index in [1.807, 2.05) is 0 Å². The van der Waals surface area contributed by atoms with Crippen molar-refractivity contribution in [1.29, 1.82) is 0 Å². The highest BCUT2D eigenvalue weighted by Crippen LogP contribution is 2.43. The number of phosphoric ester groups is 1. The van der Waals surface area contributed by atoms with E-state index in [1.165, 1.54) is 0 Å². The molecule has 3 N–H and O–H groups in total. The lowest BCUT2D eigenvalue weighted by molar-refractivity contribution is -0.154. The standard InChI is InChI=1S/C57H90NO7P/c1-3-5-7-9-11-13-15-17-19-21-23-25-27-29-31-33-35-37-39-41-43-45-47-49-52-62-54-56(55-64-66(60,61)63-53-51-58)65-57(59)50-48-46-44-42-40-38-36-34-32-30-28-26-24-22-20-18-16-14-12-10-8-6-4-2/h5-8,11-14,17-20,23-26,29-32,35-38,41,43,56H,3-4,9-10,15-16,21-22,27-28,33-34,39-40,42,44-55,58H2,1-2H3,(H,60,61)/b7-5-,8-6-,13-11-,14-12-,19-17-,20-18-,25-23-,26-24-,31-29-,32-30-,37-35-,38-36-,43-41-. The molecule has 9 heteroatoms. The van der Waals surface area contributed by atoms with Crippen molar-refractivity contribution in [3.63, 3.8) is 0 Å². The molecule has 8 nitrogen and oxygen atoms in total. The first-order valence-corrected chi connectivity index (χ1v) is 26.5. The van der Waals surface area contributed by atoms with Gasteiger partial charge in [-0.25, -0.2) is 4.57 Å². The maximum absolute atomic E-state index is 12.7. The molecule has 2 unspecified atom stereocenters. The number of carbonyl (C=O) groups excluding carboxylic acids is 1. The Morgan fingerprint density at radius 1 is 0.455 bits per heavy atom. The van der Waals surface area contributed by atoms with Gasteiger partial charge in [0.1, 0.15) is 6.10 Å². The summed E-state index contributed by atoms with van der Waals surface area (Å²) in [7, 11) is -4.32. The maximum atomic E-state index is 12.7. The molecule has 0 aromatic carbocycles. The molecule has 0 aromatic heterocycles. The molecule has 0 amide bonds. The van der Waals surface area contributed by atoms with Crippen molar-refractivity contribution < 1.29 is 32.8 Å². The van der Waals surface area contributed by atoms with Crippen LogP contribution in [-0.2, 0) is 27.9 Å². The first kappa shape index (κ1) is 62.1. The number of ether oxygens (including phenoxy) is 2. The van der Waals surface area contributed by atoms with E-state index in [0.29, 0.717) is 13.0 Å². The average Bonchev–Trinajstić information content (AvgIpc) is 3.31. The van der Waals surface area contributed by atoms with Crippen LogP contribution in [0.4, 0.5) is 0 Å². The fourth-order valence-corrected chi connectivity index (χ4v) is 6.63. The van der Waals surface area contributed by atoms with E-state index in [9.17, 15) is 14.3 Å². The van der Waals surface area contributed by atoms with Crippen LogP contribution in [-0.4, -0.2) is 49.9 Å². The predicted molar refractivity (Wildman–Crippen MR) is 283 cm³/mol. The lowest BCUT2D eigenvalue weighted by Crippen LogP contribution is -2.28. The third-order valence-electron chi connectivity index (χ3n) is 9.44. The Balaban J connectivity index is 4.18. The number of allylic oxidation sites excluding steroid dienone is 26. The van der Waals surface area contributed by atoms with Gasteiger partial charge in [0.25, 0.3) is 0 Å². The van der Waals surface area contributed by atoms with Crippen LogP contribution in [0.15, 0.2) is 158 Å². The summed E-state index contributed by atoms with van der Waals surface area (Å²) in [5.41, 5.74) is 5.38. The van der Waals surface area contributed by atoms with E-state index >= 15 is 0 Å². The normalized spacial score (nSPS) is 14.7. The zero-order chi connectivity index (χ0) is 48.0. The van der Waals surface area contributed by atoms with Gasteiger partial charge in [-0.05, 0) is 122 Å². The molecular weight excluding hydrogens is 842 g/mol. The summed E-state index contributed by atoms with van der Waals surface area (Å²) in [5, 5.41) is 0. The maximum Gasteiger partial charge on any atom is 0.472 e. The lowest BCUT2D eigenvalue weighted by atomic mass is 10.1. The molecule has 0 saturated heterocycles. The second kappa shape index (κ2) is 52.1. The summed E-state index contributed by atoms with van der Waals surface area (Å²) in [6.45, 7) is 4.49. The number of hydrogen-bond acceptors (Lipinski definition) is 7. The van der Waals surface area contributed by atoms with Gasteiger partial charge >= 0.3 is 13.8 Å². The van der Waals surface area contributed by atoms with E-state index in [4.69, 9.17) is 24.3 Å². The fourth-order valence-electron chi connectivity index (χ4n) is 5.86. The highest BCUT2D eigenvalue weighted by atomic mass is 31.2. The molecule has 0 aliphatic heterocycles. The van der Waals surface area contributed by atoms with Gasteiger partial charge in [0.15, 0.2) is 0 Å². The van der Waals surface area contributed by atoms with Gasteiger partial charge in [0.2, 0.25) is 0 Å². The Kier molecular flexibility index (Phi) is 49.0. The van der Waals surface area contributed by atoms with E-state index in [0.717, 1.165) is 128 Å². The average molecular weight is 932 g/mol. The Labute approximate surface area is 403 Å². The smallest absolute Gasteiger partial charge is 0.457 e. The Bertz CT molecular complexity index is 1560. The molecule has 0 aliphatic carbocycles. The van der Waals surface area contributed by atoms with Crippen LogP contribution in [0.25, 0.3) is 0 Å². The van der Waals surface area contributed by atoms with Crippen LogP contribution >= 0.6 is 7.82 Å². The number of esters is 1. The minimum Gasteiger partial charge on any atom is -0.457 e. The van der Waals surface area contributed by atoms with Crippen molar-refractivity contribution in [2.75, 3.05) is 33.0 Å². The molecule has 66 heavy (non-hydrogen) atoms. The molecule has 0 bridgehead atoms. The van der Waals surface area contributed by atoms with Crippen molar-refractivity contribution in [3.8, 4) is 0 Å². The molecule has 0 rings (SSSR count). The van der Waals surface area contributed by atoms with Gasteiger partial charge in [-0.15, -0.1) is 0 Å². The Hall–Kier alpha value is -3.88. The van der Waals surface area contributed by atoms with Crippen molar-refractivity contribution in [2.24, 2.45) is 5.73 Å². The highest BCUT2D eigenvalue weighted by Gasteiger charge is 2.25. The molecule has 0 saturated carbocycles. The molecule has 0 radical (unpaired) electrons. The predicted octanol–water partition coefficient (Wildman–Crippen LogP) is 15.9. The van der Waals surface area contributed by atoms with E-state index < -0.39 is 13.9 Å². The summed E-state index contributed by atoms with van der Waals surface area (Å²) >= 11 is 0. The topological polar surface area (TPSA) is 117 Å². The van der Waals surface area contributed by atoms with Crippen LogP contribution in [0.3, 0.4) is 0 Å². The quantitative estimate of drug-likeness (QED) is 0.0268. The van der Waals surface area contributed by atoms with E-state index in [1.54, 1.807) is 0 Å². The second-order valence-corrected chi connectivity index (χ2v) is 17.0. The second-order valence-electron chi connectivity index (χ2n) is 15.6. The van der Waals surface area contributed by atoms with Gasteiger partial charge in [-0.2, -0.15) is 0 Å². The number of phosphoric acid groups is 1. The number of rotatable bonds is 45. The van der Waals surface area contributed by atoms with Crippen molar-refractivity contribution in [3.05, 3.63) is 158 Å². The number of nitrogens with two attached hydrogens (primary N) is 1. The van der Waals surface area contributed by atoms with Gasteiger partial charge in [0, 0.05) is 19.6 Å². The molecule has 370 valence electrons. The van der Waals surface area contributed by atoms with Gasteiger partial charge in [0.05, 0.1) is 19.8 Å². The van der Waals surface area contributed by atoms with Crippen molar-refractivity contribution in [2.45, 2.75) is 161 Å². The SMILES string of the molecule is CC/C=C\C/C=C\C/C=C\C/C=C\C/C=C\C/C=C\C/C=C\CCCCOCC(COP(=O)(O)OCCN)OC(=O)CCCCCC/C=C\C/C=C\C/C=C\C/C=C\C/C=C\C/C=C\CC. The fraction of sp³-hybridized carbons (Fsp3) is 0.526. The molecule has 0 spiro atoms. The number of hydrogen-bond donors (Lipinski definition) is 2. The van der Waals surface area contributed by atoms with Crippen LogP contribution in [0, 0.1) is 0 Å². The molecule has 0 fully saturated rings. The molecule has 2 atom stereocenters. The minimum absolute atomic E-state index is 0.0626. The number of carbonyl (C=O) groups is 1. The minimum atomic E-state index is -4.32. The van der Waals surface area contributed by atoms with Crippen LogP contribution in [0.2, 0.25) is 0 Å². The Morgan fingerprint density at radius 3 is 1.18 bits per heavy atom. The van der Waals surface area contributed by atoms with Crippen molar-refractivity contribution in [1.82, 2.24) is 0 Å². The summed E-state index contributed by atoms with van der Waals surface area (Å²) in [4.78, 5) is 22.6. The van der Waals surface area contributed by atoms with Gasteiger partial charge in [-0.3, -0.25) is 13.8 Å². The van der Waals surface area contributed by atoms with Crippen LogP contribution in [0.5, 0.6) is 0 Å². The summed E-state index contributed by atoms with van der Waals surface area (Å²) in [6.07, 6.45) is 77.1. The Morgan fingerprint density at radius 2 is 0.803 bits per heavy atom. The summed E-state index contributed by atoms with van der Waals surface area (Å²) in [6, 6.07) is 0.